The van der Waals surface area contributed by atoms with Crippen LogP contribution in [0.5, 0.6) is 0 Å². The minimum atomic E-state index is 1.01. The Morgan fingerprint density at radius 3 is 1.59 bits per heavy atom. The van der Waals surface area contributed by atoms with E-state index in [2.05, 4.69) is 208 Å². The molecule has 11 rings (SSSR count). The zero-order valence-electron chi connectivity index (χ0n) is 33.3. The average Bonchev–Trinajstić information content (AvgIpc) is 3.70. The van der Waals surface area contributed by atoms with Crippen molar-refractivity contribution in [3.8, 4) is 55.6 Å². The SMILES string of the molecule is CCc1ccccc1-c1c(CC)ccc2sc3c4cc(-c5ccc(-c6c7ccccc7c(-c7cccc(-c8ccccc8)c7)c7ccccc67)cc5)ccc4ccc3c12. The highest BCUT2D eigenvalue weighted by atomic mass is 32.1. The van der Waals surface area contributed by atoms with Crippen LogP contribution in [-0.4, -0.2) is 0 Å². The fourth-order valence-corrected chi connectivity index (χ4v) is 10.8. The highest BCUT2D eigenvalue weighted by Crippen LogP contribution is 2.47. The van der Waals surface area contributed by atoms with Gasteiger partial charge >= 0.3 is 0 Å². The fourth-order valence-electron chi connectivity index (χ4n) is 9.61. The van der Waals surface area contributed by atoms with Gasteiger partial charge in [0.2, 0.25) is 0 Å². The lowest BCUT2D eigenvalue weighted by molar-refractivity contribution is 1.12. The monoisotopic (exact) mass is 770 g/mol. The molecule has 0 amide bonds. The first kappa shape index (κ1) is 35.4. The standard InChI is InChI=1S/C58H42S/c1-3-37-15-8-9-20-46(37)56-38(4-2)32-34-53-57(56)51-33-31-41-27-30-44(36-52(41)58(51)59-53)40-25-28-42(29-26-40)54-47-21-10-12-23-49(47)55(50-24-13-11-22-48(50)54)45-19-14-18-43(35-45)39-16-6-5-7-17-39/h5-36H,3-4H2,1-2H3. The highest BCUT2D eigenvalue weighted by Gasteiger charge is 2.20. The van der Waals surface area contributed by atoms with Crippen LogP contribution in [0.2, 0.25) is 0 Å². The molecule has 0 saturated carbocycles. The minimum absolute atomic E-state index is 1.01. The Labute approximate surface area is 349 Å². The molecular weight excluding hydrogens is 729 g/mol. The number of aryl methyl sites for hydroxylation is 2. The molecule has 59 heavy (non-hydrogen) atoms. The summed E-state index contributed by atoms with van der Waals surface area (Å²) >= 11 is 1.94. The van der Waals surface area contributed by atoms with Gasteiger partial charge < -0.3 is 0 Å². The molecule has 0 aliphatic carbocycles. The van der Waals surface area contributed by atoms with Gasteiger partial charge in [0, 0.05) is 25.6 Å². The van der Waals surface area contributed by atoms with Crippen LogP contribution < -0.4 is 0 Å². The van der Waals surface area contributed by atoms with E-state index in [1.807, 2.05) is 11.3 Å². The van der Waals surface area contributed by atoms with Crippen molar-refractivity contribution in [3.63, 3.8) is 0 Å². The third-order valence-electron chi connectivity index (χ3n) is 12.5. The van der Waals surface area contributed by atoms with Gasteiger partial charge in [-0.1, -0.05) is 190 Å². The number of hydrogen-bond donors (Lipinski definition) is 0. The number of rotatable bonds is 7. The van der Waals surface area contributed by atoms with Crippen LogP contribution in [0.1, 0.15) is 25.0 Å². The molecule has 1 heteroatoms. The first-order chi connectivity index (χ1) is 29.2. The van der Waals surface area contributed by atoms with E-state index in [1.54, 1.807) is 0 Å². The summed E-state index contributed by atoms with van der Waals surface area (Å²) < 4.78 is 2.72. The second-order valence-corrected chi connectivity index (χ2v) is 16.7. The average molecular weight is 771 g/mol. The van der Waals surface area contributed by atoms with E-state index >= 15 is 0 Å². The lowest BCUT2D eigenvalue weighted by Gasteiger charge is -2.18. The van der Waals surface area contributed by atoms with Gasteiger partial charge in [0.1, 0.15) is 0 Å². The first-order valence-electron chi connectivity index (χ1n) is 20.9. The van der Waals surface area contributed by atoms with Gasteiger partial charge in [-0.3, -0.25) is 0 Å². The largest absolute Gasteiger partial charge is 0.135 e. The van der Waals surface area contributed by atoms with Gasteiger partial charge in [-0.15, -0.1) is 11.3 Å². The summed E-state index contributed by atoms with van der Waals surface area (Å²) in [4.78, 5) is 0. The Morgan fingerprint density at radius 1 is 0.339 bits per heavy atom. The summed E-state index contributed by atoms with van der Waals surface area (Å²) in [6.07, 6.45) is 2.02. The Hall–Kier alpha value is -6.80. The molecule has 0 bridgehead atoms. The zero-order valence-corrected chi connectivity index (χ0v) is 34.1. The fraction of sp³-hybridized carbons (Fsp3) is 0.0690. The van der Waals surface area contributed by atoms with Gasteiger partial charge in [0.05, 0.1) is 0 Å². The van der Waals surface area contributed by atoms with Gasteiger partial charge in [-0.05, 0) is 125 Å². The number of thiophene rings is 1. The van der Waals surface area contributed by atoms with Crippen molar-refractivity contribution in [1.29, 1.82) is 0 Å². The second kappa shape index (κ2) is 14.5. The summed E-state index contributed by atoms with van der Waals surface area (Å²) in [5, 5.41) is 10.4. The Balaban J connectivity index is 1.04. The lowest BCUT2D eigenvalue weighted by Crippen LogP contribution is -1.93. The summed E-state index contributed by atoms with van der Waals surface area (Å²) in [7, 11) is 0. The molecule has 0 fully saturated rings. The van der Waals surface area contributed by atoms with E-state index in [-0.39, 0.29) is 0 Å². The number of fused-ring (bicyclic) bond motifs is 7. The normalized spacial score (nSPS) is 11.7. The van der Waals surface area contributed by atoms with Crippen molar-refractivity contribution >= 4 is 63.8 Å². The smallest absolute Gasteiger partial charge is 0.0434 e. The predicted molar refractivity (Wildman–Crippen MR) is 258 cm³/mol. The summed E-state index contributed by atoms with van der Waals surface area (Å²) in [5.41, 5.74) is 15.6. The quantitative estimate of drug-likeness (QED) is 0.142. The molecule has 0 aliphatic rings. The lowest BCUT2D eigenvalue weighted by atomic mass is 9.85. The van der Waals surface area contributed by atoms with Crippen molar-refractivity contribution in [1.82, 2.24) is 0 Å². The summed E-state index contributed by atoms with van der Waals surface area (Å²) in [6.45, 7) is 4.55. The maximum atomic E-state index is 2.42. The molecule has 11 aromatic rings. The van der Waals surface area contributed by atoms with Crippen LogP contribution in [-0.2, 0) is 12.8 Å². The first-order valence-corrected chi connectivity index (χ1v) is 21.7. The van der Waals surface area contributed by atoms with E-state index < -0.39 is 0 Å². The van der Waals surface area contributed by atoms with Crippen molar-refractivity contribution in [2.24, 2.45) is 0 Å². The predicted octanol–water partition coefficient (Wildman–Crippen LogP) is 17.0. The van der Waals surface area contributed by atoms with E-state index in [1.165, 1.54) is 119 Å². The van der Waals surface area contributed by atoms with Crippen molar-refractivity contribution < 1.29 is 0 Å². The highest BCUT2D eigenvalue weighted by molar-refractivity contribution is 7.26. The Morgan fingerprint density at radius 2 is 0.881 bits per heavy atom. The van der Waals surface area contributed by atoms with Gasteiger partial charge in [0.25, 0.3) is 0 Å². The van der Waals surface area contributed by atoms with Gasteiger partial charge in [-0.25, -0.2) is 0 Å². The van der Waals surface area contributed by atoms with Crippen LogP contribution in [0, 0.1) is 0 Å². The van der Waals surface area contributed by atoms with E-state index in [4.69, 9.17) is 0 Å². The molecule has 1 heterocycles. The van der Waals surface area contributed by atoms with Crippen LogP contribution in [0.3, 0.4) is 0 Å². The zero-order chi connectivity index (χ0) is 39.5. The number of hydrogen-bond acceptors (Lipinski definition) is 1. The summed E-state index contributed by atoms with van der Waals surface area (Å²) in [5.74, 6) is 0. The van der Waals surface area contributed by atoms with Crippen LogP contribution in [0.15, 0.2) is 194 Å². The maximum Gasteiger partial charge on any atom is 0.0434 e. The molecule has 10 aromatic carbocycles. The molecule has 0 aliphatic heterocycles. The van der Waals surface area contributed by atoms with Crippen molar-refractivity contribution in [3.05, 3.63) is 205 Å². The number of benzene rings is 10. The molecule has 0 saturated heterocycles. The molecule has 0 atom stereocenters. The molecule has 0 unspecified atom stereocenters. The van der Waals surface area contributed by atoms with Crippen LogP contribution in [0.25, 0.3) is 108 Å². The van der Waals surface area contributed by atoms with Gasteiger partial charge in [0.15, 0.2) is 0 Å². The molecule has 280 valence electrons. The molecule has 1 aromatic heterocycles. The van der Waals surface area contributed by atoms with Gasteiger partial charge in [-0.2, -0.15) is 0 Å². The summed E-state index contributed by atoms with van der Waals surface area (Å²) in [6, 6.07) is 72.3. The molecule has 0 N–H and O–H groups in total. The van der Waals surface area contributed by atoms with E-state index in [0.29, 0.717) is 0 Å². The molecule has 0 spiro atoms. The molecular formula is C58H42S. The molecule has 0 nitrogen and oxygen atoms in total. The third kappa shape index (κ3) is 5.88. The minimum Gasteiger partial charge on any atom is -0.135 e. The molecule has 0 radical (unpaired) electrons. The Bertz CT molecular complexity index is 3330. The maximum absolute atomic E-state index is 2.42. The van der Waals surface area contributed by atoms with Crippen LogP contribution in [0.4, 0.5) is 0 Å². The topological polar surface area (TPSA) is 0 Å². The van der Waals surface area contributed by atoms with E-state index in [9.17, 15) is 0 Å². The van der Waals surface area contributed by atoms with Crippen molar-refractivity contribution in [2.45, 2.75) is 26.7 Å². The van der Waals surface area contributed by atoms with Crippen molar-refractivity contribution in [2.75, 3.05) is 0 Å². The van der Waals surface area contributed by atoms with Crippen LogP contribution >= 0.6 is 11.3 Å². The third-order valence-corrected chi connectivity index (χ3v) is 13.7. The Kier molecular flexibility index (Phi) is 8.72. The second-order valence-electron chi connectivity index (χ2n) is 15.7. The van der Waals surface area contributed by atoms with E-state index in [0.717, 1.165) is 12.8 Å².